The van der Waals surface area contributed by atoms with E-state index in [4.69, 9.17) is 0 Å². The van der Waals surface area contributed by atoms with E-state index in [1.807, 2.05) is 5.32 Å². The molecule has 2 aromatic heterocycles. The maximum atomic E-state index is 13.1. The van der Waals surface area contributed by atoms with Crippen LogP contribution < -0.4 is 5.32 Å². The second kappa shape index (κ2) is 6.55. The minimum atomic E-state index is -4.85. The van der Waals surface area contributed by atoms with E-state index in [0.717, 1.165) is 24.7 Å². The molecule has 0 aromatic carbocycles. The van der Waals surface area contributed by atoms with Crippen molar-refractivity contribution < 1.29 is 27.1 Å². The van der Waals surface area contributed by atoms with Crippen LogP contribution in [0.25, 0.3) is 11.4 Å². The molecule has 2 rings (SSSR count). The summed E-state index contributed by atoms with van der Waals surface area (Å²) >= 11 is 0. The van der Waals surface area contributed by atoms with Crippen molar-refractivity contribution in [3.05, 3.63) is 36.2 Å². The molecule has 0 spiro atoms. The Hall–Kier alpha value is -2.78. The van der Waals surface area contributed by atoms with Crippen LogP contribution in [0.2, 0.25) is 0 Å². The number of carbonyl (C=O) groups is 1. The Bertz CT molecular complexity index is 721. The molecule has 2 aromatic rings. The molecule has 2 heterocycles. The maximum absolute atomic E-state index is 13.1. The number of pyridine rings is 1. The smallest absolute Gasteiger partial charge is 0.435 e. The fourth-order valence-electron chi connectivity index (χ4n) is 1.64. The number of halogens is 4. The van der Waals surface area contributed by atoms with Crippen LogP contribution in [0.5, 0.6) is 0 Å². The minimum absolute atomic E-state index is 0.0128. The minimum Gasteiger partial charge on any atom is -0.450 e. The van der Waals surface area contributed by atoms with Crippen LogP contribution in [0.15, 0.2) is 24.7 Å². The molecule has 23 heavy (non-hydrogen) atoms. The Morgan fingerprint density at radius 2 is 2.04 bits per heavy atom. The molecule has 122 valence electrons. The van der Waals surface area contributed by atoms with Gasteiger partial charge in [0.1, 0.15) is 5.82 Å². The van der Waals surface area contributed by atoms with E-state index < -0.39 is 29.5 Å². The Kier molecular flexibility index (Phi) is 4.72. The fraction of sp³-hybridized carbons (Fsp3) is 0.231. The molecule has 0 aliphatic heterocycles. The first-order valence-electron chi connectivity index (χ1n) is 6.30. The summed E-state index contributed by atoms with van der Waals surface area (Å²) in [5, 5.41) is 1.91. The number of anilines is 1. The molecule has 0 aliphatic rings. The predicted octanol–water partition coefficient (Wildman–Crippen LogP) is 3.26. The van der Waals surface area contributed by atoms with E-state index in [1.165, 1.54) is 6.92 Å². The van der Waals surface area contributed by atoms with Gasteiger partial charge in [-0.1, -0.05) is 0 Å². The molecule has 6 nitrogen and oxygen atoms in total. The van der Waals surface area contributed by atoms with Gasteiger partial charge in [-0.05, 0) is 13.0 Å². The molecule has 0 atom stereocenters. The number of alkyl halides is 3. The summed E-state index contributed by atoms with van der Waals surface area (Å²) in [7, 11) is 0. The first-order valence-corrected chi connectivity index (χ1v) is 6.30. The van der Waals surface area contributed by atoms with Gasteiger partial charge in [-0.2, -0.15) is 13.2 Å². The molecule has 0 fully saturated rings. The molecule has 0 bridgehead atoms. The summed E-state index contributed by atoms with van der Waals surface area (Å²) < 4.78 is 56.9. The second-order valence-electron chi connectivity index (χ2n) is 4.19. The maximum Gasteiger partial charge on any atom is 0.435 e. The zero-order valence-corrected chi connectivity index (χ0v) is 11.7. The van der Waals surface area contributed by atoms with Crippen molar-refractivity contribution >= 4 is 11.8 Å². The lowest BCUT2D eigenvalue weighted by Crippen LogP contribution is -2.19. The van der Waals surface area contributed by atoms with Crippen LogP contribution in [0.3, 0.4) is 0 Å². The lowest BCUT2D eigenvalue weighted by molar-refractivity contribution is -0.140. The number of ether oxygens (including phenoxy) is 1. The van der Waals surface area contributed by atoms with Gasteiger partial charge in [-0.25, -0.2) is 19.2 Å². The van der Waals surface area contributed by atoms with Crippen LogP contribution in [-0.4, -0.2) is 27.7 Å². The van der Waals surface area contributed by atoms with E-state index >= 15 is 0 Å². The highest BCUT2D eigenvalue weighted by Crippen LogP contribution is 2.34. The summed E-state index contributed by atoms with van der Waals surface area (Å²) in [6.45, 7) is 1.49. The molecule has 0 saturated carbocycles. The summed E-state index contributed by atoms with van der Waals surface area (Å²) in [5.74, 6) is -1.12. The SMILES string of the molecule is CCOC(=O)Nc1cnc(-c2cncc(F)c2)nc1C(F)(F)F. The van der Waals surface area contributed by atoms with Crippen molar-refractivity contribution in [1.82, 2.24) is 15.0 Å². The van der Waals surface area contributed by atoms with Crippen molar-refractivity contribution in [1.29, 1.82) is 0 Å². The molecular formula is C13H10F4N4O2. The van der Waals surface area contributed by atoms with Crippen molar-refractivity contribution in [2.45, 2.75) is 13.1 Å². The molecule has 1 amide bonds. The summed E-state index contributed by atoms with van der Waals surface area (Å²) in [4.78, 5) is 21.8. The summed E-state index contributed by atoms with van der Waals surface area (Å²) in [6.07, 6.45) is -3.14. The largest absolute Gasteiger partial charge is 0.450 e. The molecule has 1 N–H and O–H groups in total. The van der Waals surface area contributed by atoms with Crippen LogP contribution >= 0.6 is 0 Å². The molecule has 10 heteroatoms. The van der Waals surface area contributed by atoms with Crippen LogP contribution in [-0.2, 0) is 10.9 Å². The van der Waals surface area contributed by atoms with Crippen LogP contribution in [0, 0.1) is 5.82 Å². The van der Waals surface area contributed by atoms with E-state index in [2.05, 4.69) is 19.7 Å². The first-order chi connectivity index (χ1) is 10.8. The van der Waals surface area contributed by atoms with Gasteiger partial charge in [-0.15, -0.1) is 0 Å². The second-order valence-corrected chi connectivity index (χ2v) is 4.19. The van der Waals surface area contributed by atoms with E-state index in [-0.39, 0.29) is 18.0 Å². The third-order valence-corrected chi connectivity index (χ3v) is 2.53. The van der Waals surface area contributed by atoms with Crippen LogP contribution in [0.4, 0.5) is 28.0 Å². The zero-order valence-electron chi connectivity index (χ0n) is 11.7. The van der Waals surface area contributed by atoms with E-state index in [0.29, 0.717) is 0 Å². The average molecular weight is 330 g/mol. The lowest BCUT2D eigenvalue weighted by atomic mass is 10.2. The number of rotatable bonds is 3. The lowest BCUT2D eigenvalue weighted by Gasteiger charge is -2.13. The molecule has 0 unspecified atom stereocenters. The highest BCUT2D eigenvalue weighted by molar-refractivity contribution is 5.85. The molecular weight excluding hydrogens is 320 g/mol. The third-order valence-electron chi connectivity index (χ3n) is 2.53. The number of aromatic nitrogens is 3. The quantitative estimate of drug-likeness (QED) is 0.874. The van der Waals surface area contributed by atoms with Gasteiger partial charge in [0.2, 0.25) is 0 Å². The molecule has 0 radical (unpaired) electrons. The van der Waals surface area contributed by atoms with Gasteiger partial charge >= 0.3 is 12.3 Å². The number of nitrogens with one attached hydrogen (secondary N) is 1. The summed E-state index contributed by atoms with van der Waals surface area (Å²) in [6, 6.07) is 0.945. The van der Waals surface area contributed by atoms with Gasteiger partial charge in [0.25, 0.3) is 0 Å². The van der Waals surface area contributed by atoms with Crippen LogP contribution in [0.1, 0.15) is 12.6 Å². The van der Waals surface area contributed by atoms with Crippen molar-refractivity contribution in [2.75, 3.05) is 11.9 Å². The van der Waals surface area contributed by atoms with Gasteiger partial charge in [0, 0.05) is 11.8 Å². The summed E-state index contributed by atoms with van der Waals surface area (Å²) in [5.41, 5.74) is -2.07. The Labute approximate surface area is 127 Å². The number of amides is 1. The van der Waals surface area contributed by atoms with Gasteiger partial charge in [0.15, 0.2) is 11.5 Å². The number of hydrogen-bond donors (Lipinski definition) is 1. The third kappa shape index (κ3) is 4.11. The first kappa shape index (κ1) is 16.6. The van der Waals surface area contributed by atoms with Gasteiger partial charge in [-0.3, -0.25) is 10.3 Å². The highest BCUT2D eigenvalue weighted by atomic mass is 19.4. The standard InChI is InChI=1S/C13H10F4N4O2/c1-2-23-12(22)20-9-6-19-11(21-10(9)13(15,16)17)7-3-8(14)5-18-4-7/h3-6H,2H2,1H3,(H,20,22). The zero-order chi connectivity index (χ0) is 17.0. The Morgan fingerprint density at radius 1 is 1.30 bits per heavy atom. The number of nitrogens with zero attached hydrogens (tertiary/aromatic N) is 3. The van der Waals surface area contributed by atoms with Gasteiger partial charge in [0.05, 0.1) is 24.7 Å². The molecule has 0 aliphatic carbocycles. The number of carbonyl (C=O) groups excluding carboxylic acids is 1. The highest BCUT2D eigenvalue weighted by Gasteiger charge is 2.37. The van der Waals surface area contributed by atoms with Crippen molar-refractivity contribution in [2.24, 2.45) is 0 Å². The Balaban J connectivity index is 2.44. The topological polar surface area (TPSA) is 77.0 Å². The van der Waals surface area contributed by atoms with E-state index in [9.17, 15) is 22.4 Å². The monoisotopic (exact) mass is 330 g/mol. The van der Waals surface area contributed by atoms with Gasteiger partial charge < -0.3 is 4.74 Å². The average Bonchev–Trinajstić information content (AvgIpc) is 2.46. The van der Waals surface area contributed by atoms with E-state index in [1.54, 1.807) is 0 Å². The van der Waals surface area contributed by atoms with Crippen molar-refractivity contribution in [3.8, 4) is 11.4 Å². The normalized spacial score (nSPS) is 11.2. The fourth-order valence-corrected chi connectivity index (χ4v) is 1.64. The predicted molar refractivity (Wildman–Crippen MR) is 70.9 cm³/mol. The Morgan fingerprint density at radius 3 is 2.65 bits per heavy atom. The number of hydrogen-bond acceptors (Lipinski definition) is 5. The molecule has 0 saturated heterocycles. The van der Waals surface area contributed by atoms with Crippen molar-refractivity contribution in [3.63, 3.8) is 0 Å².